The van der Waals surface area contributed by atoms with Gasteiger partial charge in [-0.05, 0) is 37.3 Å². The van der Waals surface area contributed by atoms with Crippen molar-refractivity contribution in [1.29, 1.82) is 0 Å². The third-order valence-electron chi connectivity index (χ3n) is 4.05. The van der Waals surface area contributed by atoms with Gasteiger partial charge in [-0.3, -0.25) is 0 Å². The van der Waals surface area contributed by atoms with Gasteiger partial charge in [0.1, 0.15) is 5.82 Å². The molecule has 1 aromatic carbocycles. The van der Waals surface area contributed by atoms with Gasteiger partial charge in [0.25, 0.3) is 0 Å². The third kappa shape index (κ3) is 2.78. The van der Waals surface area contributed by atoms with Crippen LogP contribution >= 0.6 is 0 Å². The van der Waals surface area contributed by atoms with Crippen LogP contribution in [0.25, 0.3) is 10.8 Å². The zero-order valence-electron chi connectivity index (χ0n) is 12.2. The first kappa shape index (κ1) is 13.4. The number of aromatic nitrogens is 1. The molecule has 1 atom stereocenters. The Labute approximate surface area is 121 Å². The van der Waals surface area contributed by atoms with E-state index in [2.05, 4.69) is 52.5 Å². The Bertz CT molecular complexity index is 556. The lowest BCUT2D eigenvalue weighted by atomic mass is 10.1. The number of benzene rings is 1. The summed E-state index contributed by atoms with van der Waals surface area (Å²) < 4.78 is 0. The lowest BCUT2D eigenvalue weighted by molar-refractivity contribution is 0.576. The van der Waals surface area contributed by atoms with Crippen LogP contribution in [-0.2, 0) is 0 Å². The molecule has 0 spiro atoms. The number of pyridine rings is 1. The molecule has 2 heterocycles. The first-order chi connectivity index (χ1) is 9.88. The Morgan fingerprint density at radius 2 is 2.20 bits per heavy atom. The highest BCUT2D eigenvalue weighted by molar-refractivity contribution is 5.92. The average molecular weight is 269 g/mol. The molecule has 0 saturated carbocycles. The van der Waals surface area contributed by atoms with Gasteiger partial charge < -0.3 is 10.2 Å². The second kappa shape index (κ2) is 6.23. The summed E-state index contributed by atoms with van der Waals surface area (Å²) in [5.74, 6) is 1.14. The standard InChI is InChI=1S/C17H23N3/c1-2-12-20(13-15-7-5-10-18-15)17-16-8-4-3-6-14(16)9-11-19-17/h3-4,6,8-9,11,15,18H,2,5,7,10,12-13H2,1H3. The Balaban J connectivity index is 1.91. The van der Waals surface area contributed by atoms with Crippen LogP contribution in [0.15, 0.2) is 36.5 Å². The molecule has 106 valence electrons. The monoisotopic (exact) mass is 269 g/mol. The zero-order chi connectivity index (χ0) is 13.8. The van der Waals surface area contributed by atoms with Crippen molar-refractivity contribution in [2.24, 2.45) is 0 Å². The number of anilines is 1. The molecule has 3 rings (SSSR count). The summed E-state index contributed by atoms with van der Waals surface area (Å²) in [6.07, 6.45) is 5.67. The summed E-state index contributed by atoms with van der Waals surface area (Å²) in [6.45, 7) is 5.53. The van der Waals surface area contributed by atoms with E-state index >= 15 is 0 Å². The zero-order valence-corrected chi connectivity index (χ0v) is 12.2. The van der Waals surface area contributed by atoms with Gasteiger partial charge in [-0.15, -0.1) is 0 Å². The maximum atomic E-state index is 4.67. The van der Waals surface area contributed by atoms with Crippen LogP contribution in [0.3, 0.4) is 0 Å². The van der Waals surface area contributed by atoms with Gasteiger partial charge in [-0.2, -0.15) is 0 Å². The number of nitrogens with zero attached hydrogens (tertiary/aromatic N) is 2. The SMILES string of the molecule is CCCN(CC1CCCN1)c1nccc2ccccc12. The van der Waals surface area contributed by atoms with E-state index in [9.17, 15) is 0 Å². The summed E-state index contributed by atoms with van der Waals surface area (Å²) in [7, 11) is 0. The van der Waals surface area contributed by atoms with Gasteiger partial charge in [0.15, 0.2) is 0 Å². The summed E-state index contributed by atoms with van der Waals surface area (Å²) in [4.78, 5) is 7.12. The molecule has 20 heavy (non-hydrogen) atoms. The van der Waals surface area contributed by atoms with Crippen molar-refractivity contribution in [2.75, 3.05) is 24.5 Å². The molecule has 2 aromatic rings. The van der Waals surface area contributed by atoms with Crippen LogP contribution in [0.1, 0.15) is 26.2 Å². The van der Waals surface area contributed by atoms with Crippen molar-refractivity contribution in [3.05, 3.63) is 36.5 Å². The van der Waals surface area contributed by atoms with E-state index in [1.165, 1.54) is 23.6 Å². The van der Waals surface area contributed by atoms with Crippen molar-refractivity contribution < 1.29 is 0 Å². The summed E-state index contributed by atoms with van der Waals surface area (Å²) in [5, 5.41) is 6.13. The molecule has 1 aliphatic heterocycles. The minimum atomic E-state index is 0.613. The molecule has 1 N–H and O–H groups in total. The molecule has 0 radical (unpaired) electrons. The largest absolute Gasteiger partial charge is 0.355 e. The molecule has 1 aliphatic rings. The highest BCUT2D eigenvalue weighted by Crippen LogP contribution is 2.25. The fraction of sp³-hybridized carbons (Fsp3) is 0.471. The summed E-state index contributed by atoms with van der Waals surface area (Å²) in [5.41, 5.74) is 0. The second-order valence-electron chi connectivity index (χ2n) is 5.59. The Morgan fingerprint density at radius 3 is 3.00 bits per heavy atom. The predicted octanol–water partition coefficient (Wildman–Crippen LogP) is 3.20. The van der Waals surface area contributed by atoms with Crippen molar-refractivity contribution in [3.8, 4) is 0 Å². The van der Waals surface area contributed by atoms with Crippen LogP contribution < -0.4 is 10.2 Å². The minimum absolute atomic E-state index is 0.613. The van der Waals surface area contributed by atoms with Gasteiger partial charge >= 0.3 is 0 Å². The van der Waals surface area contributed by atoms with E-state index in [4.69, 9.17) is 0 Å². The fourth-order valence-corrected chi connectivity index (χ4v) is 3.09. The van der Waals surface area contributed by atoms with Crippen LogP contribution in [0.5, 0.6) is 0 Å². The molecular weight excluding hydrogens is 246 g/mol. The first-order valence-electron chi connectivity index (χ1n) is 7.70. The maximum Gasteiger partial charge on any atom is 0.136 e. The van der Waals surface area contributed by atoms with E-state index in [0.717, 1.165) is 31.9 Å². The topological polar surface area (TPSA) is 28.2 Å². The first-order valence-corrected chi connectivity index (χ1v) is 7.70. The average Bonchev–Trinajstić information content (AvgIpc) is 2.99. The fourth-order valence-electron chi connectivity index (χ4n) is 3.09. The molecule has 1 aromatic heterocycles. The number of nitrogens with one attached hydrogen (secondary N) is 1. The lowest BCUT2D eigenvalue weighted by Gasteiger charge is -2.27. The van der Waals surface area contributed by atoms with Crippen LogP contribution in [0, 0.1) is 0 Å². The van der Waals surface area contributed by atoms with E-state index in [0.29, 0.717) is 6.04 Å². The third-order valence-corrected chi connectivity index (χ3v) is 4.05. The molecular formula is C17H23N3. The maximum absolute atomic E-state index is 4.67. The van der Waals surface area contributed by atoms with Crippen molar-refractivity contribution in [3.63, 3.8) is 0 Å². The van der Waals surface area contributed by atoms with Crippen molar-refractivity contribution in [1.82, 2.24) is 10.3 Å². The van der Waals surface area contributed by atoms with Gasteiger partial charge in [-0.25, -0.2) is 4.98 Å². The number of fused-ring (bicyclic) bond motifs is 1. The highest BCUT2D eigenvalue weighted by atomic mass is 15.2. The molecule has 0 bridgehead atoms. The Kier molecular flexibility index (Phi) is 4.16. The van der Waals surface area contributed by atoms with E-state index < -0.39 is 0 Å². The van der Waals surface area contributed by atoms with Crippen LogP contribution in [0.2, 0.25) is 0 Å². The molecule has 0 aliphatic carbocycles. The molecule has 1 saturated heterocycles. The number of hydrogen-bond acceptors (Lipinski definition) is 3. The molecule has 1 unspecified atom stereocenters. The normalized spacial score (nSPS) is 18.6. The van der Waals surface area contributed by atoms with Gasteiger partial charge in [-0.1, -0.05) is 31.2 Å². The quantitative estimate of drug-likeness (QED) is 0.903. The molecule has 1 fully saturated rings. The minimum Gasteiger partial charge on any atom is -0.355 e. The summed E-state index contributed by atoms with van der Waals surface area (Å²) >= 11 is 0. The molecule has 3 nitrogen and oxygen atoms in total. The van der Waals surface area contributed by atoms with Crippen LogP contribution in [0.4, 0.5) is 5.82 Å². The highest BCUT2D eigenvalue weighted by Gasteiger charge is 2.19. The van der Waals surface area contributed by atoms with Crippen LogP contribution in [-0.4, -0.2) is 30.7 Å². The smallest absolute Gasteiger partial charge is 0.136 e. The van der Waals surface area contributed by atoms with Gasteiger partial charge in [0.2, 0.25) is 0 Å². The predicted molar refractivity (Wildman–Crippen MR) is 85.3 cm³/mol. The molecule has 3 heteroatoms. The van der Waals surface area contributed by atoms with Crippen molar-refractivity contribution in [2.45, 2.75) is 32.2 Å². The van der Waals surface area contributed by atoms with Gasteiger partial charge in [0.05, 0.1) is 0 Å². The van der Waals surface area contributed by atoms with E-state index in [1.54, 1.807) is 0 Å². The van der Waals surface area contributed by atoms with E-state index in [1.807, 2.05) is 6.20 Å². The van der Waals surface area contributed by atoms with E-state index in [-0.39, 0.29) is 0 Å². The van der Waals surface area contributed by atoms with Gasteiger partial charge in [0, 0.05) is 30.7 Å². The lowest BCUT2D eigenvalue weighted by Crippen LogP contribution is -2.38. The second-order valence-corrected chi connectivity index (χ2v) is 5.59. The van der Waals surface area contributed by atoms with Crippen molar-refractivity contribution >= 4 is 16.6 Å². The summed E-state index contributed by atoms with van der Waals surface area (Å²) in [6, 6.07) is 11.3. The molecule has 0 amide bonds. The Morgan fingerprint density at radius 1 is 1.30 bits per heavy atom. The Hall–Kier alpha value is -1.61. The number of hydrogen-bond donors (Lipinski definition) is 1. The number of rotatable bonds is 5.